The Morgan fingerprint density at radius 2 is 2.04 bits per heavy atom. The van der Waals surface area contributed by atoms with E-state index in [0.717, 1.165) is 27.6 Å². The van der Waals surface area contributed by atoms with Gasteiger partial charge in [-0.15, -0.1) is 11.3 Å². The van der Waals surface area contributed by atoms with Crippen molar-refractivity contribution >= 4 is 17.2 Å². The Hall–Kier alpha value is -1.72. The van der Waals surface area contributed by atoms with Crippen molar-refractivity contribution in [1.82, 2.24) is 15.6 Å². The average Bonchev–Trinajstić information content (AvgIpc) is 3.26. The molecule has 1 saturated heterocycles. The third-order valence-electron chi connectivity index (χ3n) is 5.78. The molecule has 138 valence electrons. The number of aryl methyl sites for hydroxylation is 1. The Bertz CT molecular complexity index is 759. The molecule has 2 heterocycles. The Kier molecular flexibility index (Phi) is 5.09. The minimum Gasteiger partial charge on any atom is -0.347 e. The van der Waals surface area contributed by atoms with E-state index in [4.69, 9.17) is 4.98 Å². The van der Waals surface area contributed by atoms with Crippen LogP contribution in [-0.4, -0.2) is 23.0 Å². The van der Waals surface area contributed by atoms with Crippen molar-refractivity contribution in [2.24, 2.45) is 5.92 Å². The van der Waals surface area contributed by atoms with Crippen LogP contribution in [0.2, 0.25) is 0 Å². The van der Waals surface area contributed by atoms with Crippen LogP contribution >= 0.6 is 11.3 Å². The van der Waals surface area contributed by atoms with Gasteiger partial charge in [0.2, 0.25) is 5.91 Å². The molecule has 4 unspecified atom stereocenters. The van der Waals surface area contributed by atoms with Crippen molar-refractivity contribution in [2.45, 2.75) is 64.1 Å². The lowest BCUT2D eigenvalue weighted by Crippen LogP contribution is -2.43. The van der Waals surface area contributed by atoms with Crippen LogP contribution in [0.15, 0.2) is 30.3 Å². The third-order valence-corrected chi connectivity index (χ3v) is 7.17. The smallest absolute Gasteiger partial charge is 0.237 e. The average molecular weight is 370 g/mol. The summed E-state index contributed by atoms with van der Waals surface area (Å²) in [6, 6.07) is 10.7. The van der Waals surface area contributed by atoms with Crippen molar-refractivity contribution in [3.05, 3.63) is 40.9 Å². The molecule has 1 aromatic carbocycles. The molecule has 1 amide bonds. The summed E-state index contributed by atoms with van der Waals surface area (Å²) in [5.74, 6) is 0.825. The van der Waals surface area contributed by atoms with Crippen molar-refractivity contribution in [3.63, 3.8) is 0 Å². The molecule has 4 atom stereocenters. The summed E-state index contributed by atoms with van der Waals surface area (Å²) in [7, 11) is 0. The summed E-state index contributed by atoms with van der Waals surface area (Å²) >= 11 is 1.68. The molecule has 26 heavy (non-hydrogen) atoms. The van der Waals surface area contributed by atoms with Gasteiger partial charge in [-0.25, -0.2) is 4.98 Å². The molecule has 1 aliphatic heterocycles. The second-order valence-electron chi connectivity index (χ2n) is 7.67. The zero-order chi connectivity index (χ0) is 18.1. The zero-order valence-electron chi connectivity index (χ0n) is 15.5. The van der Waals surface area contributed by atoms with Crippen LogP contribution in [0.25, 0.3) is 10.6 Å². The quantitative estimate of drug-likeness (QED) is 0.848. The molecule has 2 aliphatic rings. The number of nitrogens with one attached hydrogen (secondary N) is 2. The van der Waals surface area contributed by atoms with E-state index in [0.29, 0.717) is 12.0 Å². The number of carbonyl (C=O) groups is 1. The van der Waals surface area contributed by atoms with Gasteiger partial charge in [0.25, 0.3) is 0 Å². The number of carbonyl (C=O) groups excluding carboxylic acids is 1. The maximum Gasteiger partial charge on any atom is 0.237 e. The number of amides is 1. The largest absolute Gasteiger partial charge is 0.347 e. The maximum absolute atomic E-state index is 12.8. The van der Waals surface area contributed by atoms with Crippen molar-refractivity contribution in [3.8, 4) is 10.6 Å². The van der Waals surface area contributed by atoms with Gasteiger partial charge in [-0.1, -0.05) is 43.2 Å². The first-order valence-electron chi connectivity index (χ1n) is 9.71. The third kappa shape index (κ3) is 3.55. The molecule has 5 heteroatoms. The van der Waals surface area contributed by atoms with E-state index in [1.807, 2.05) is 25.1 Å². The van der Waals surface area contributed by atoms with E-state index in [-0.39, 0.29) is 18.0 Å². The number of aromatic nitrogens is 1. The van der Waals surface area contributed by atoms with Crippen LogP contribution in [0, 0.1) is 12.8 Å². The standard InChI is InChI=1S/C21H27N3OS/c1-13(19-14(2)23-21(26-19)15-8-4-3-5-9-15)22-20(25)18-12-16-10-6-7-11-17(16)24-18/h3-5,8-9,13,16-18,24H,6-7,10-12H2,1-2H3,(H,22,25). The fourth-order valence-electron chi connectivity index (χ4n) is 4.41. The van der Waals surface area contributed by atoms with Crippen molar-refractivity contribution in [1.29, 1.82) is 0 Å². The van der Waals surface area contributed by atoms with Gasteiger partial charge >= 0.3 is 0 Å². The van der Waals surface area contributed by atoms with Gasteiger partial charge < -0.3 is 10.6 Å². The van der Waals surface area contributed by atoms with Gasteiger partial charge in [0.15, 0.2) is 0 Å². The molecule has 1 aliphatic carbocycles. The number of fused-ring (bicyclic) bond motifs is 1. The van der Waals surface area contributed by atoms with Gasteiger partial charge in [0.05, 0.1) is 22.7 Å². The Morgan fingerprint density at radius 3 is 2.81 bits per heavy atom. The van der Waals surface area contributed by atoms with E-state index in [1.165, 1.54) is 25.7 Å². The summed E-state index contributed by atoms with van der Waals surface area (Å²) in [5.41, 5.74) is 2.14. The van der Waals surface area contributed by atoms with Crippen LogP contribution in [0.3, 0.4) is 0 Å². The second kappa shape index (κ2) is 7.49. The van der Waals surface area contributed by atoms with Crippen LogP contribution in [-0.2, 0) is 4.79 Å². The number of nitrogens with zero attached hydrogens (tertiary/aromatic N) is 1. The van der Waals surface area contributed by atoms with Crippen molar-refractivity contribution < 1.29 is 4.79 Å². The number of rotatable bonds is 4. The molecule has 0 bridgehead atoms. The fraction of sp³-hybridized carbons (Fsp3) is 0.524. The number of hydrogen-bond acceptors (Lipinski definition) is 4. The highest BCUT2D eigenvalue weighted by molar-refractivity contribution is 7.15. The summed E-state index contributed by atoms with van der Waals surface area (Å²) in [6.45, 7) is 4.10. The van der Waals surface area contributed by atoms with Gasteiger partial charge in [-0.2, -0.15) is 0 Å². The normalized spacial score (nSPS) is 26.3. The molecule has 2 N–H and O–H groups in total. The summed E-state index contributed by atoms with van der Waals surface area (Å²) in [4.78, 5) is 18.6. The lowest BCUT2D eigenvalue weighted by Gasteiger charge is -2.24. The zero-order valence-corrected chi connectivity index (χ0v) is 16.3. The lowest BCUT2D eigenvalue weighted by molar-refractivity contribution is -0.123. The van der Waals surface area contributed by atoms with Crippen LogP contribution in [0.5, 0.6) is 0 Å². The summed E-state index contributed by atoms with van der Waals surface area (Å²) in [6.07, 6.45) is 6.08. The first kappa shape index (κ1) is 17.7. The molecular weight excluding hydrogens is 342 g/mol. The van der Waals surface area contributed by atoms with Gasteiger partial charge in [-0.3, -0.25) is 4.79 Å². The predicted molar refractivity (Wildman–Crippen MR) is 106 cm³/mol. The van der Waals surface area contributed by atoms with Gasteiger partial charge in [0, 0.05) is 11.6 Å². The van der Waals surface area contributed by atoms with E-state index >= 15 is 0 Å². The van der Waals surface area contributed by atoms with Crippen molar-refractivity contribution in [2.75, 3.05) is 0 Å². The monoisotopic (exact) mass is 369 g/mol. The molecule has 2 fully saturated rings. The first-order chi connectivity index (χ1) is 12.6. The predicted octanol–water partition coefficient (Wildman–Crippen LogP) is 4.22. The van der Waals surface area contributed by atoms with E-state index in [2.05, 4.69) is 29.7 Å². The molecule has 0 radical (unpaired) electrons. The molecular formula is C21H27N3OS. The lowest BCUT2D eigenvalue weighted by atomic mass is 9.85. The molecule has 1 aromatic heterocycles. The van der Waals surface area contributed by atoms with Gasteiger partial charge in [-0.05, 0) is 39.0 Å². The minimum atomic E-state index is -0.0348. The Balaban J connectivity index is 1.42. The molecule has 0 spiro atoms. The highest BCUT2D eigenvalue weighted by atomic mass is 32.1. The van der Waals surface area contributed by atoms with E-state index in [9.17, 15) is 4.79 Å². The number of thiazole rings is 1. The molecule has 4 rings (SSSR count). The fourth-order valence-corrected chi connectivity index (χ4v) is 5.49. The maximum atomic E-state index is 12.8. The molecule has 2 aromatic rings. The Morgan fingerprint density at radius 1 is 1.27 bits per heavy atom. The van der Waals surface area contributed by atoms with Gasteiger partial charge in [0.1, 0.15) is 5.01 Å². The molecule has 1 saturated carbocycles. The summed E-state index contributed by atoms with van der Waals surface area (Å²) < 4.78 is 0. The SMILES string of the molecule is Cc1nc(-c2ccccc2)sc1C(C)NC(=O)C1CC2CCCCC2N1. The van der Waals surface area contributed by atoms with Crippen LogP contribution < -0.4 is 10.6 Å². The highest BCUT2D eigenvalue weighted by Gasteiger charge is 2.38. The summed E-state index contributed by atoms with van der Waals surface area (Å²) in [5, 5.41) is 7.81. The topological polar surface area (TPSA) is 54.0 Å². The van der Waals surface area contributed by atoms with Crippen LogP contribution in [0.1, 0.15) is 55.6 Å². The minimum absolute atomic E-state index is 0.0121. The number of benzene rings is 1. The molecule has 4 nitrogen and oxygen atoms in total. The van der Waals surface area contributed by atoms with Crippen LogP contribution in [0.4, 0.5) is 0 Å². The Labute approximate surface area is 159 Å². The highest BCUT2D eigenvalue weighted by Crippen LogP contribution is 2.34. The second-order valence-corrected chi connectivity index (χ2v) is 8.70. The first-order valence-corrected chi connectivity index (χ1v) is 10.5. The number of hydrogen-bond donors (Lipinski definition) is 2. The van der Waals surface area contributed by atoms with E-state index in [1.54, 1.807) is 11.3 Å². The van der Waals surface area contributed by atoms with E-state index < -0.39 is 0 Å².